The summed E-state index contributed by atoms with van der Waals surface area (Å²) in [5.41, 5.74) is 1.79. The van der Waals surface area contributed by atoms with E-state index in [1.807, 2.05) is 36.6 Å². The molecule has 22 heavy (non-hydrogen) atoms. The van der Waals surface area contributed by atoms with Crippen molar-refractivity contribution in [2.75, 3.05) is 6.54 Å². The Morgan fingerprint density at radius 1 is 1.55 bits per heavy atom. The summed E-state index contributed by atoms with van der Waals surface area (Å²) in [6.45, 7) is 2.62. The zero-order valence-electron chi connectivity index (χ0n) is 12.2. The SMILES string of the molecule is C#CCNC(=O)/C=C/c1cccc(OCc2csc(C)n2)c1. The lowest BCUT2D eigenvalue weighted by Gasteiger charge is -2.05. The molecule has 0 atom stereocenters. The molecule has 0 saturated carbocycles. The van der Waals surface area contributed by atoms with Gasteiger partial charge in [0.1, 0.15) is 12.4 Å². The molecule has 1 N–H and O–H groups in total. The Bertz CT molecular complexity index is 713. The number of hydrogen-bond acceptors (Lipinski definition) is 4. The van der Waals surface area contributed by atoms with Crippen LogP contribution < -0.4 is 10.1 Å². The molecule has 1 heterocycles. The summed E-state index contributed by atoms with van der Waals surface area (Å²) in [5, 5.41) is 5.57. The first kappa shape index (κ1) is 15.8. The molecule has 0 bridgehead atoms. The first-order chi connectivity index (χ1) is 10.7. The zero-order valence-corrected chi connectivity index (χ0v) is 13.0. The third-order valence-corrected chi connectivity index (χ3v) is 3.53. The first-order valence-electron chi connectivity index (χ1n) is 6.70. The topological polar surface area (TPSA) is 51.2 Å². The van der Waals surface area contributed by atoms with Gasteiger partial charge in [-0.3, -0.25) is 4.79 Å². The molecule has 0 fully saturated rings. The molecule has 112 valence electrons. The normalized spacial score (nSPS) is 10.4. The Morgan fingerprint density at radius 3 is 3.14 bits per heavy atom. The van der Waals surface area contributed by atoms with E-state index in [0.717, 1.165) is 22.0 Å². The van der Waals surface area contributed by atoms with E-state index in [2.05, 4.69) is 16.2 Å². The van der Waals surface area contributed by atoms with Gasteiger partial charge >= 0.3 is 0 Å². The number of hydrogen-bond donors (Lipinski definition) is 1. The predicted molar refractivity (Wildman–Crippen MR) is 88.5 cm³/mol. The quantitative estimate of drug-likeness (QED) is 0.659. The van der Waals surface area contributed by atoms with E-state index in [1.165, 1.54) is 6.08 Å². The van der Waals surface area contributed by atoms with Gasteiger partial charge in [0.2, 0.25) is 5.91 Å². The van der Waals surface area contributed by atoms with Crippen molar-refractivity contribution >= 4 is 23.3 Å². The molecular formula is C17H16N2O2S. The molecule has 0 unspecified atom stereocenters. The lowest BCUT2D eigenvalue weighted by atomic mass is 10.2. The van der Waals surface area contributed by atoms with E-state index < -0.39 is 0 Å². The monoisotopic (exact) mass is 312 g/mol. The van der Waals surface area contributed by atoms with Gasteiger partial charge in [-0.25, -0.2) is 4.98 Å². The molecule has 0 spiro atoms. The fourth-order valence-electron chi connectivity index (χ4n) is 1.71. The largest absolute Gasteiger partial charge is 0.487 e. The van der Waals surface area contributed by atoms with Crippen molar-refractivity contribution in [2.45, 2.75) is 13.5 Å². The van der Waals surface area contributed by atoms with Crippen LogP contribution in [0.2, 0.25) is 0 Å². The number of aryl methyl sites for hydroxylation is 1. The van der Waals surface area contributed by atoms with Crippen LogP contribution in [-0.2, 0) is 11.4 Å². The number of nitrogens with one attached hydrogen (secondary N) is 1. The van der Waals surface area contributed by atoms with Gasteiger partial charge in [-0.2, -0.15) is 0 Å². The van der Waals surface area contributed by atoms with E-state index in [9.17, 15) is 4.79 Å². The van der Waals surface area contributed by atoms with Crippen molar-refractivity contribution in [3.05, 3.63) is 52.0 Å². The Kier molecular flexibility index (Phi) is 5.75. The average molecular weight is 312 g/mol. The van der Waals surface area contributed by atoms with Gasteiger partial charge in [-0.05, 0) is 30.7 Å². The van der Waals surface area contributed by atoms with E-state index in [-0.39, 0.29) is 12.5 Å². The van der Waals surface area contributed by atoms with Crippen LogP contribution >= 0.6 is 11.3 Å². The average Bonchev–Trinajstić information content (AvgIpc) is 2.95. The summed E-state index contributed by atoms with van der Waals surface area (Å²) in [6, 6.07) is 7.50. The molecule has 0 aliphatic heterocycles. The minimum Gasteiger partial charge on any atom is -0.487 e. The number of rotatable bonds is 6. The van der Waals surface area contributed by atoms with Crippen molar-refractivity contribution in [1.82, 2.24) is 10.3 Å². The highest BCUT2D eigenvalue weighted by Gasteiger charge is 2.00. The van der Waals surface area contributed by atoms with Crippen molar-refractivity contribution in [2.24, 2.45) is 0 Å². The van der Waals surface area contributed by atoms with Crippen molar-refractivity contribution in [3.63, 3.8) is 0 Å². The van der Waals surface area contributed by atoms with Gasteiger partial charge in [0.05, 0.1) is 17.2 Å². The Balaban J connectivity index is 1.93. The number of carbonyl (C=O) groups excluding carboxylic acids is 1. The molecular weight excluding hydrogens is 296 g/mol. The molecule has 0 saturated heterocycles. The third-order valence-electron chi connectivity index (χ3n) is 2.70. The number of amides is 1. The van der Waals surface area contributed by atoms with Crippen molar-refractivity contribution in [3.8, 4) is 18.1 Å². The third kappa shape index (κ3) is 5.08. The number of carbonyl (C=O) groups is 1. The molecule has 1 amide bonds. The van der Waals surface area contributed by atoms with Crippen LogP contribution in [0.15, 0.2) is 35.7 Å². The number of nitrogens with zero attached hydrogens (tertiary/aromatic N) is 1. The Labute approximate surface area is 133 Å². The fourth-order valence-corrected chi connectivity index (χ4v) is 2.31. The molecule has 2 aromatic rings. The van der Waals surface area contributed by atoms with Crippen LogP contribution in [0.25, 0.3) is 6.08 Å². The number of benzene rings is 1. The summed E-state index contributed by atoms with van der Waals surface area (Å²) in [7, 11) is 0. The molecule has 0 radical (unpaired) electrons. The lowest BCUT2D eigenvalue weighted by Crippen LogP contribution is -2.20. The molecule has 4 nitrogen and oxygen atoms in total. The summed E-state index contributed by atoms with van der Waals surface area (Å²) in [4.78, 5) is 15.8. The van der Waals surface area contributed by atoms with E-state index in [0.29, 0.717) is 6.61 Å². The predicted octanol–water partition coefficient (Wildman–Crippen LogP) is 2.79. The maximum atomic E-state index is 11.4. The molecule has 1 aromatic carbocycles. The fraction of sp³-hybridized carbons (Fsp3) is 0.176. The minimum absolute atomic E-state index is 0.220. The Morgan fingerprint density at radius 2 is 2.41 bits per heavy atom. The van der Waals surface area contributed by atoms with Gasteiger partial charge < -0.3 is 10.1 Å². The molecule has 0 aliphatic carbocycles. The highest BCUT2D eigenvalue weighted by Crippen LogP contribution is 2.17. The maximum Gasteiger partial charge on any atom is 0.244 e. The summed E-state index contributed by atoms with van der Waals surface area (Å²) < 4.78 is 5.70. The highest BCUT2D eigenvalue weighted by molar-refractivity contribution is 7.09. The number of thiazole rings is 1. The summed E-state index contributed by atoms with van der Waals surface area (Å²) in [5.74, 6) is 2.86. The smallest absolute Gasteiger partial charge is 0.244 e. The first-order valence-corrected chi connectivity index (χ1v) is 7.58. The molecule has 2 rings (SSSR count). The number of ether oxygens (including phenoxy) is 1. The van der Waals surface area contributed by atoms with Crippen LogP contribution in [0.3, 0.4) is 0 Å². The van der Waals surface area contributed by atoms with Gasteiger partial charge in [0.25, 0.3) is 0 Å². The van der Waals surface area contributed by atoms with Crippen LogP contribution in [0, 0.1) is 19.3 Å². The second kappa shape index (κ2) is 8.01. The second-order valence-electron chi connectivity index (χ2n) is 4.47. The highest BCUT2D eigenvalue weighted by atomic mass is 32.1. The van der Waals surface area contributed by atoms with Gasteiger partial charge in [0.15, 0.2) is 0 Å². The summed E-state index contributed by atoms with van der Waals surface area (Å²) in [6.07, 6.45) is 8.24. The van der Waals surface area contributed by atoms with Crippen LogP contribution in [0.1, 0.15) is 16.3 Å². The standard InChI is InChI=1S/C17H16N2O2S/c1-3-9-18-17(20)8-7-14-5-4-6-16(10-14)21-11-15-12-22-13(2)19-15/h1,4-8,10,12H,9,11H2,2H3,(H,18,20)/b8-7+. The van der Waals surface area contributed by atoms with Crippen molar-refractivity contribution in [1.29, 1.82) is 0 Å². The Hall–Kier alpha value is -2.58. The minimum atomic E-state index is -0.220. The van der Waals surface area contributed by atoms with Gasteiger partial charge in [-0.1, -0.05) is 18.1 Å². The van der Waals surface area contributed by atoms with E-state index in [1.54, 1.807) is 17.4 Å². The molecule has 0 aliphatic rings. The molecule has 5 heteroatoms. The van der Waals surface area contributed by atoms with Gasteiger partial charge in [0, 0.05) is 11.5 Å². The number of aromatic nitrogens is 1. The molecule has 1 aromatic heterocycles. The van der Waals surface area contributed by atoms with E-state index in [4.69, 9.17) is 11.2 Å². The summed E-state index contributed by atoms with van der Waals surface area (Å²) >= 11 is 1.60. The van der Waals surface area contributed by atoms with Crippen molar-refractivity contribution < 1.29 is 9.53 Å². The second-order valence-corrected chi connectivity index (χ2v) is 5.54. The van der Waals surface area contributed by atoms with Crippen LogP contribution in [-0.4, -0.2) is 17.4 Å². The van der Waals surface area contributed by atoms with E-state index >= 15 is 0 Å². The van der Waals surface area contributed by atoms with Gasteiger partial charge in [-0.15, -0.1) is 17.8 Å². The van der Waals surface area contributed by atoms with Crippen LogP contribution in [0.5, 0.6) is 5.75 Å². The number of terminal acetylenes is 1. The maximum absolute atomic E-state index is 11.4. The lowest BCUT2D eigenvalue weighted by molar-refractivity contribution is -0.116. The van der Waals surface area contributed by atoms with Crippen LogP contribution in [0.4, 0.5) is 0 Å². The zero-order chi connectivity index (χ0) is 15.8.